The number of hydrazine groups is 1. The molecule has 0 radical (unpaired) electrons. The number of aryl methyl sites for hydroxylation is 2. The lowest BCUT2D eigenvalue weighted by molar-refractivity contribution is 0.0925. The van der Waals surface area contributed by atoms with Crippen molar-refractivity contribution in [3.8, 4) is 11.3 Å². The van der Waals surface area contributed by atoms with E-state index in [1.807, 2.05) is 19.9 Å². The number of carbonyl (C=O) groups excluding carboxylic acids is 1. The smallest absolute Gasteiger partial charge is 0.308 e. The summed E-state index contributed by atoms with van der Waals surface area (Å²) in [7, 11) is 0. The Balaban J connectivity index is 1.70. The summed E-state index contributed by atoms with van der Waals surface area (Å²) in [6, 6.07) is 9.09. The van der Waals surface area contributed by atoms with Crippen molar-refractivity contribution in [3.63, 3.8) is 0 Å². The SMILES string of the molecule is Cc1cc(C)nc(NNC(=O)c2cc(-c3cccc(F)c3)no2)n1. The van der Waals surface area contributed by atoms with Crippen LogP contribution in [0.1, 0.15) is 21.9 Å². The minimum absolute atomic E-state index is 0.0221. The van der Waals surface area contributed by atoms with Crippen LogP contribution in [0.4, 0.5) is 10.3 Å². The molecule has 2 heterocycles. The molecule has 0 fully saturated rings. The molecule has 0 saturated heterocycles. The highest BCUT2D eigenvalue weighted by molar-refractivity contribution is 5.92. The fraction of sp³-hybridized carbons (Fsp3) is 0.125. The lowest BCUT2D eigenvalue weighted by Gasteiger charge is -2.06. The molecular weight excluding hydrogens is 313 g/mol. The summed E-state index contributed by atoms with van der Waals surface area (Å²) in [5.41, 5.74) is 7.46. The van der Waals surface area contributed by atoms with Gasteiger partial charge in [0, 0.05) is 23.0 Å². The van der Waals surface area contributed by atoms with Crippen molar-refractivity contribution in [3.05, 3.63) is 59.4 Å². The van der Waals surface area contributed by atoms with Crippen LogP contribution in [0.2, 0.25) is 0 Å². The normalized spacial score (nSPS) is 10.5. The van der Waals surface area contributed by atoms with Gasteiger partial charge in [-0.3, -0.25) is 15.6 Å². The Kier molecular flexibility index (Phi) is 4.19. The van der Waals surface area contributed by atoms with E-state index in [4.69, 9.17) is 4.52 Å². The molecule has 0 atom stereocenters. The van der Waals surface area contributed by atoms with Crippen LogP contribution in [-0.2, 0) is 0 Å². The number of hydrogen-bond donors (Lipinski definition) is 2. The molecule has 24 heavy (non-hydrogen) atoms. The Morgan fingerprint density at radius 2 is 1.88 bits per heavy atom. The van der Waals surface area contributed by atoms with Gasteiger partial charge in [0.25, 0.3) is 0 Å². The average Bonchev–Trinajstić information content (AvgIpc) is 3.02. The van der Waals surface area contributed by atoms with Gasteiger partial charge in [0.15, 0.2) is 0 Å². The Morgan fingerprint density at radius 3 is 2.58 bits per heavy atom. The monoisotopic (exact) mass is 327 g/mol. The van der Waals surface area contributed by atoms with Crippen molar-refractivity contribution in [2.24, 2.45) is 0 Å². The molecule has 1 aromatic carbocycles. The van der Waals surface area contributed by atoms with Crippen molar-refractivity contribution in [1.82, 2.24) is 20.6 Å². The zero-order chi connectivity index (χ0) is 17.1. The Bertz CT molecular complexity index is 873. The fourth-order valence-electron chi connectivity index (χ4n) is 2.12. The molecule has 7 nitrogen and oxygen atoms in total. The van der Waals surface area contributed by atoms with E-state index in [2.05, 4.69) is 26.0 Å². The van der Waals surface area contributed by atoms with E-state index in [9.17, 15) is 9.18 Å². The molecule has 0 bridgehead atoms. The standard InChI is InChI=1S/C16H14FN5O2/c1-9-6-10(2)19-16(18-9)21-20-15(23)14-8-13(22-24-14)11-4-3-5-12(17)7-11/h3-8H,1-2H3,(H,20,23)(H,18,19,21). The first kappa shape index (κ1) is 15.6. The first-order valence-corrected chi connectivity index (χ1v) is 7.12. The van der Waals surface area contributed by atoms with Gasteiger partial charge >= 0.3 is 5.91 Å². The number of benzene rings is 1. The van der Waals surface area contributed by atoms with Gasteiger partial charge in [0.05, 0.1) is 0 Å². The topological polar surface area (TPSA) is 92.9 Å². The van der Waals surface area contributed by atoms with Crippen molar-refractivity contribution >= 4 is 11.9 Å². The van der Waals surface area contributed by atoms with E-state index in [0.717, 1.165) is 11.4 Å². The summed E-state index contributed by atoms with van der Waals surface area (Å²) < 4.78 is 18.2. The molecule has 8 heteroatoms. The number of aromatic nitrogens is 3. The van der Waals surface area contributed by atoms with E-state index in [1.165, 1.54) is 18.2 Å². The van der Waals surface area contributed by atoms with Crippen LogP contribution >= 0.6 is 0 Å². The van der Waals surface area contributed by atoms with Gasteiger partial charge in [-0.2, -0.15) is 0 Å². The summed E-state index contributed by atoms with van der Waals surface area (Å²) in [5.74, 6) is -0.695. The molecule has 122 valence electrons. The summed E-state index contributed by atoms with van der Waals surface area (Å²) >= 11 is 0. The maximum Gasteiger partial charge on any atom is 0.308 e. The van der Waals surface area contributed by atoms with Gasteiger partial charge in [-0.15, -0.1) is 0 Å². The van der Waals surface area contributed by atoms with E-state index < -0.39 is 11.7 Å². The quantitative estimate of drug-likeness (QED) is 0.716. The first-order chi connectivity index (χ1) is 11.5. The number of anilines is 1. The van der Waals surface area contributed by atoms with Crippen LogP contribution in [0, 0.1) is 19.7 Å². The molecular formula is C16H14FN5O2. The van der Waals surface area contributed by atoms with E-state index in [1.54, 1.807) is 12.1 Å². The molecule has 2 aromatic heterocycles. The second-order valence-corrected chi connectivity index (χ2v) is 5.14. The third-order valence-corrected chi connectivity index (χ3v) is 3.12. The second-order valence-electron chi connectivity index (χ2n) is 5.14. The van der Waals surface area contributed by atoms with E-state index >= 15 is 0 Å². The maximum absolute atomic E-state index is 13.2. The van der Waals surface area contributed by atoms with Gasteiger partial charge in [-0.1, -0.05) is 17.3 Å². The highest BCUT2D eigenvalue weighted by Gasteiger charge is 2.14. The van der Waals surface area contributed by atoms with Crippen molar-refractivity contribution in [1.29, 1.82) is 0 Å². The largest absolute Gasteiger partial charge is 0.350 e. The molecule has 0 spiro atoms. The minimum atomic E-state index is -0.548. The third kappa shape index (κ3) is 3.54. The van der Waals surface area contributed by atoms with Crippen LogP contribution in [0.25, 0.3) is 11.3 Å². The summed E-state index contributed by atoms with van der Waals surface area (Å²) in [6.07, 6.45) is 0. The van der Waals surface area contributed by atoms with Crippen molar-refractivity contribution in [2.45, 2.75) is 13.8 Å². The number of nitrogens with zero attached hydrogens (tertiary/aromatic N) is 3. The molecule has 0 aliphatic carbocycles. The summed E-state index contributed by atoms with van der Waals surface area (Å²) in [5, 5.41) is 3.77. The van der Waals surface area contributed by atoms with Crippen LogP contribution in [0.5, 0.6) is 0 Å². The Labute approximate surface area is 136 Å². The lowest BCUT2D eigenvalue weighted by atomic mass is 10.1. The Hall–Kier alpha value is -3.29. The Morgan fingerprint density at radius 1 is 1.12 bits per heavy atom. The van der Waals surface area contributed by atoms with E-state index in [0.29, 0.717) is 11.3 Å². The van der Waals surface area contributed by atoms with Crippen molar-refractivity contribution < 1.29 is 13.7 Å². The summed E-state index contributed by atoms with van der Waals surface area (Å²) in [4.78, 5) is 20.3. The number of halogens is 1. The maximum atomic E-state index is 13.2. The molecule has 0 aliphatic heterocycles. The van der Waals surface area contributed by atoms with Crippen molar-refractivity contribution in [2.75, 3.05) is 5.43 Å². The highest BCUT2D eigenvalue weighted by atomic mass is 19.1. The number of amides is 1. The van der Waals surface area contributed by atoms with Crippen LogP contribution in [-0.4, -0.2) is 21.0 Å². The summed E-state index contributed by atoms with van der Waals surface area (Å²) in [6.45, 7) is 3.65. The average molecular weight is 327 g/mol. The predicted molar refractivity (Wildman–Crippen MR) is 84.5 cm³/mol. The molecule has 0 aliphatic rings. The van der Waals surface area contributed by atoms with Crippen LogP contribution in [0.3, 0.4) is 0 Å². The molecule has 3 aromatic rings. The predicted octanol–water partition coefficient (Wildman–Crippen LogP) is 2.64. The zero-order valence-electron chi connectivity index (χ0n) is 13.0. The lowest BCUT2D eigenvalue weighted by Crippen LogP contribution is -2.30. The van der Waals surface area contributed by atoms with Gasteiger partial charge in [0.1, 0.15) is 11.5 Å². The minimum Gasteiger partial charge on any atom is -0.350 e. The van der Waals surface area contributed by atoms with Gasteiger partial charge in [-0.25, -0.2) is 14.4 Å². The number of carbonyl (C=O) groups is 1. The van der Waals surface area contributed by atoms with Gasteiger partial charge in [0.2, 0.25) is 11.7 Å². The second kappa shape index (κ2) is 6.45. The molecule has 0 unspecified atom stereocenters. The van der Waals surface area contributed by atoms with Crippen LogP contribution < -0.4 is 10.9 Å². The van der Waals surface area contributed by atoms with Gasteiger partial charge in [-0.05, 0) is 32.0 Å². The molecule has 3 rings (SSSR count). The fourth-order valence-corrected chi connectivity index (χ4v) is 2.12. The molecule has 1 amide bonds. The molecule has 0 saturated carbocycles. The highest BCUT2D eigenvalue weighted by Crippen LogP contribution is 2.19. The number of nitrogens with one attached hydrogen (secondary N) is 2. The van der Waals surface area contributed by atoms with Gasteiger partial charge < -0.3 is 4.52 Å². The van der Waals surface area contributed by atoms with E-state index in [-0.39, 0.29) is 11.7 Å². The number of rotatable bonds is 4. The number of hydrogen-bond acceptors (Lipinski definition) is 6. The molecule has 2 N–H and O–H groups in total. The third-order valence-electron chi connectivity index (χ3n) is 3.12. The zero-order valence-corrected chi connectivity index (χ0v) is 13.0. The van der Waals surface area contributed by atoms with Crippen LogP contribution in [0.15, 0.2) is 40.9 Å². The first-order valence-electron chi connectivity index (χ1n) is 7.12.